The van der Waals surface area contributed by atoms with Crippen molar-refractivity contribution < 1.29 is 4.79 Å². The van der Waals surface area contributed by atoms with E-state index in [-0.39, 0.29) is 0 Å². The molecule has 0 spiro atoms. The highest BCUT2D eigenvalue weighted by atomic mass is 16.1. The minimum absolute atomic E-state index is 0.392. The molecule has 15 heavy (non-hydrogen) atoms. The molecule has 0 bridgehead atoms. The lowest BCUT2D eigenvalue weighted by Crippen LogP contribution is -2.28. The van der Waals surface area contributed by atoms with E-state index in [2.05, 4.69) is 27.7 Å². The summed E-state index contributed by atoms with van der Waals surface area (Å²) in [6.45, 7) is 9.07. The van der Waals surface area contributed by atoms with E-state index in [1.165, 1.54) is 12.8 Å². The first-order chi connectivity index (χ1) is 6.95. The maximum Gasteiger partial charge on any atom is 0.135 e. The Hall–Kier alpha value is -0.330. The molecule has 0 aliphatic heterocycles. The van der Waals surface area contributed by atoms with Crippen LogP contribution >= 0.6 is 0 Å². The summed E-state index contributed by atoms with van der Waals surface area (Å²) < 4.78 is 0. The van der Waals surface area contributed by atoms with Crippen LogP contribution in [0.15, 0.2) is 0 Å². The third kappa shape index (κ3) is 3.62. The normalized spacial score (nSPS) is 27.7. The van der Waals surface area contributed by atoms with Gasteiger partial charge in [0.15, 0.2) is 0 Å². The summed E-state index contributed by atoms with van der Waals surface area (Å²) in [5, 5.41) is 0. The van der Waals surface area contributed by atoms with Crippen molar-refractivity contribution in [1.29, 1.82) is 0 Å². The van der Waals surface area contributed by atoms with Gasteiger partial charge < -0.3 is 0 Å². The average molecular weight is 210 g/mol. The Morgan fingerprint density at radius 1 is 1.13 bits per heavy atom. The van der Waals surface area contributed by atoms with E-state index in [0.717, 1.165) is 31.6 Å². The average Bonchev–Trinajstić information content (AvgIpc) is 2.17. The van der Waals surface area contributed by atoms with Crippen LogP contribution in [0, 0.1) is 17.3 Å². The zero-order valence-corrected chi connectivity index (χ0v) is 10.8. The van der Waals surface area contributed by atoms with Gasteiger partial charge in [-0.2, -0.15) is 0 Å². The van der Waals surface area contributed by atoms with Gasteiger partial charge in [-0.25, -0.2) is 0 Å². The second-order valence-corrected chi connectivity index (χ2v) is 6.13. The van der Waals surface area contributed by atoms with Crippen molar-refractivity contribution in [1.82, 2.24) is 0 Å². The van der Waals surface area contributed by atoms with E-state index >= 15 is 0 Å². The van der Waals surface area contributed by atoms with Crippen LogP contribution in [-0.4, -0.2) is 5.78 Å². The lowest BCUT2D eigenvalue weighted by molar-refractivity contribution is -0.124. The standard InChI is InChI=1S/C14H26O/c1-5-6-13(15)11-7-9-12(10-8-11)14(2,3)4/h11-12H,5-10H2,1-4H3. The van der Waals surface area contributed by atoms with Gasteiger partial charge in [0.05, 0.1) is 0 Å². The molecule has 1 aliphatic carbocycles. The monoisotopic (exact) mass is 210 g/mol. The first kappa shape index (κ1) is 12.7. The van der Waals surface area contributed by atoms with Gasteiger partial charge in [0.1, 0.15) is 5.78 Å². The Kier molecular flexibility index (Phi) is 4.36. The first-order valence-electron chi connectivity index (χ1n) is 6.48. The topological polar surface area (TPSA) is 17.1 Å². The van der Waals surface area contributed by atoms with E-state index in [4.69, 9.17) is 0 Å². The number of carbonyl (C=O) groups excluding carboxylic acids is 1. The van der Waals surface area contributed by atoms with Gasteiger partial charge in [0.25, 0.3) is 0 Å². The summed E-state index contributed by atoms with van der Waals surface area (Å²) in [6, 6.07) is 0. The van der Waals surface area contributed by atoms with Crippen LogP contribution in [0.1, 0.15) is 66.2 Å². The van der Waals surface area contributed by atoms with Gasteiger partial charge in [-0.3, -0.25) is 4.79 Å². The molecule has 0 aromatic carbocycles. The molecule has 1 nitrogen and oxygen atoms in total. The minimum atomic E-state index is 0.392. The number of hydrogen-bond acceptors (Lipinski definition) is 1. The molecule has 0 unspecified atom stereocenters. The molecule has 1 fully saturated rings. The predicted octanol–water partition coefficient (Wildman–Crippen LogP) is 4.21. The van der Waals surface area contributed by atoms with Crippen molar-refractivity contribution in [2.24, 2.45) is 17.3 Å². The predicted molar refractivity (Wildman–Crippen MR) is 64.8 cm³/mol. The Labute approximate surface area is 94.6 Å². The summed E-state index contributed by atoms with van der Waals surface area (Å²) in [4.78, 5) is 11.8. The molecular formula is C14H26O. The second-order valence-electron chi connectivity index (χ2n) is 6.13. The molecule has 1 saturated carbocycles. The van der Waals surface area contributed by atoms with Crippen LogP contribution < -0.4 is 0 Å². The smallest absolute Gasteiger partial charge is 0.135 e. The Morgan fingerprint density at radius 3 is 2.07 bits per heavy atom. The molecule has 0 aromatic rings. The maximum absolute atomic E-state index is 11.8. The third-order valence-electron chi connectivity index (χ3n) is 3.90. The van der Waals surface area contributed by atoms with Crippen molar-refractivity contribution in [3.63, 3.8) is 0 Å². The molecule has 88 valence electrons. The van der Waals surface area contributed by atoms with Crippen molar-refractivity contribution in [2.45, 2.75) is 66.2 Å². The first-order valence-corrected chi connectivity index (χ1v) is 6.48. The van der Waals surface area contributed by atoms with E-state index in [0.29, 0.717) is 17.1 Å². The fourth-order valence-corrected chi connectivity index (χ4v) is 2.73. The van der Waals surface area contributed by atoms with Crippen molar-refractivity contribution in [3.8, 4) is 0 Å². The molecule has 0 N–H and O–H groups in total. The Bertz CT molecular complexity index is 204. The van der Waals surface area contributed by atoms with Gasteiger partial charge in [0.2, 0.25) is 0 Å². The lowest BCUT2D eigenvalue weighted by Gasteiger charge is -2.36. The van der Waals surface area contributed by atoms with Crippen LogP contribution in [0.4, 0.5) is 0 Å². The lowest BCUT2D eigenvalue weighted by atomic mass is 9.69. The van der Waals surface area contributed by atoms with Gasteiger partial charge in [0, 0.05) is 12.3 Å². The fraction of sp³-hybridized carbons (Fsp3) is 0.929. The Balaban J connectivity index is 2.39. The molecule has 0 atom stereocenters. The zero-order chi connectivity index (χ0) is 11.5. The van der Waals surface area contributed by atoms with Crippen LogP contribution in [0.5, 0.6) is 0 Å². The van der Waals surface area contributed by atoms with Gasteiger partial charge in [-0.05, 0) is 43.4 Å². The highest BCUT2D eigenvalue weighted by Gasteiger charge is 2.31. The van der Waals surface area contributed by atoms with E-state index < -0.39 is 0 Å². The second kappa shape index (κ2) is 5.14. The SMILES string of the molecule is CCCC(=O)C1CCC(C(C)(C)C)CC1. The number of hydrogen-bond donors (Lipinski definition) is 0. The van der Waals surface area contributed by atoms with Gasteiger partial charge >= 0.3 is 0 Å². The quantitative estimate of drug-likeness (QED) is 0.682. The minimum Gasteiger partial charge on any atom is -0.299 e. The summed E-state index contributed by atoms with van der Waals surface area (Å²) in [7, 11) is 0. The molecule has 0 aromatic heterocycles. The Morgan fingerprint density at radius 2 is 1.67 bits per heavy atom. The number of carbonyl (C=O) groups is 1. The van der Waals surface area contributed by atoms with Crippen molar-refractivity contribution in [3.05, 3.63) is 0 Å². The van der Waals surface area contributed by atoms with Crippen molar-refractivity contribution in [2.75, 3.05) is 0 Å². The summed E-state index contributed by atoms with van der Waals surface area (Å²) in [5.74, 6) is 1.73. The van der Waals surface area contributed by atoms with Crippen LogP contribution in [0.2, 0.25) is 0 Å². The third-order valence-corrected chi connectivity index (χ3v) is 3.90. The van der Waals surface area contributed by atoms with Crippen LogP contribution in [-0.2, 0) is 4.79 Å². The number of Topliss-reactive ketones (excluding diaryl/α,β-unsaturated/α-hetero) is 1. The van der Waals surface area contributed by atoms with Gasteiger partial charge in [-0.1, -0.05) is 27.7 Å². The zero-order valence-electron chi connectivity index (χ0n) is 10.8. The van der Waals surface area contributed by atoms with Crippen molar-refractivity contribution >= 4 is 5.78 Å². The highest BCUT2D eigenvalue weighted by Crippen LogP contribution is 2.40. The van der Waals surface area contributed by atoms with E-state index in [1.807, 2.05) is 0 Å². The molecule has 0 saturated heterocycles. The molecule has 0 heterocycles. The summed E-state index contributed by atoms with van der Waals surface area (Å²) in [5.41, 5.74) is 0.429. The fourth-order valence-electron chi connectivity index (χ4n) is 2.73. The number of rotatable bonds is 3. The van der Waals surface area contributed by atoms with E-state index in [9.17, 15) is 4.79 Å². The van der Waals surface area contributed by atoms with Crippen LogP contribution in [0.25, 0.3) is 0 Å². The van der Waals surface area contributed by atoms with Gasteiger partial charge in [-0.15, -0.1) is 0 Å². The largest absolute Gasteiger partial charge is 0.299 e. The highest BCUT2D eigenvalue weighted by molar-refractivity contribution is 5.80. The molecule has 1 heteroatoms. The molecular weight excluding hydrogens is 184 g/mol. The molecule has 0 amide bonds. The summed E-state index contributed by atoms with van der Waals surface area (Å²) in [6.07, 6.45) is 6.59. The van der Waals surface area contributed by atoms with Crippen LogP contribution in [0.3, 0.4) is 0 Å². The maximum atomic E-state index is 11.8. The number of ketones is 1. The molecule has 0 radical (unpaired) electrons. The molecule has 1 rings (SSSR count). The molecule has 1 aliphatic rings. The van der Waals surface area contributed by atoms with E-state index in [1.54, 1.807) is 0 Å². The summed E-state index contributed by atoms with van der Waals surface area (Å²) >= 11 is 0.